The monoisotopic (exact) mass is 501 g/mol. The molecule has 1 aliphatic heterocycles. The largest absolute Gasteiger partial charge is 0.286 e. The highest BCUT2D eigenvalue weighted by molar-refractivity contribution is 7.15. The first kappa shape index (κ1) is 23.8. The van der Waals surface area contributed by atoms with Crippen molar-refractivity contribution in [3.8, 4) is 22.3 Å². The Morgan fingerprint density at radius 2 is 2.00 bits per heavy atom. The normalized spacial score (nSPS) is 14.2. The predicted octanol–water partition coefficient (Wildman–Crippen LogP) is 6.06. The van der Waals surface area contributed by atoms with Crippen molar-refractivity contribution in [2.24, 2.45) is 0 Å². The fourth-order valence-electron chi connectivity index (χ4n) is 4.07. The van der Waals surface area contributed by atoms with Gasteiger partial charge in [-0.25, -0.2) is 9.69 Å². The van der Waals surface area contributed by atoms with Crippen LogP contribution in [-0.2, 0) is 12.8 Å². The standard InChI is InChI=1S/C24H25Cl2N5OS/c1-2-18-22(24(32)29-30-13-4-3-5-14-30)28-31(20-10-8-16(25)15-19(20)26)23(18)21-11-9-17(33-21)7-6-12-27/h8-11,15H,2-7,13-14H2,1H3,(H,29,32). The van der Waals surface area contributed by atoms with Gasteiger partial charge in [-0.05, 0) is 56.0 Å². The van der Waals surface area contributed by atoms with Gasteiger partial charge in [0.15, 0.2) is 5.69 Å². The molecule has 0 atom stereocenters. The number of carbonyl (C=O) groups excluding carboxylic acids is 1. The topological polar surface area (TPSA) is 74.0 Å². The first-order chi connectivity index (χ1) is 16.0. The summed E-state index contributed by atoms with van der Waals surface area (Å²) in [6.45, 7) is 3.71. The summed E-state index contributed by atoms with van der Waals surface area (Å²) in [4.78, 5) is 15.4. The van der Waals surface area contributed by atoms with Crippen molar-refractivity contribution in [2.75, 3.05) is 13.1 Å². The maximum absolute atomic E-state index is 13.3. The summed E-state index contributed by atoms with van der Waals surface area (Å²) in [5.74, 6) is -0.208. The Bertz CT molecular complexity index is 1190. The molecule has 0 radical (unpaired) electrons. The Balaban J connectivity index is 1.80. The van der Waals surface area contributed by atoms with Crippen molar-refractivity contribution in [1.82, 2.24) is 20.2 Å². The molecule has 1 aliphatic rings. The summed E-state index contributed by atoms with van der Waals surface area (Å²) < 4.78 is 1.75. The molecule has 1 aromatic carbocycles. The minimum Gasteiger partial charge on any atom is -0.283 e. The molecule has 0 unspecified atom stereocenters. The Hall–Kier alpha value is -2.37. The van der Waals surface area contributed by atoms with E-state index in [1.807, 2.05) is 30.1 Å². The highest BCUT2D eigenvalue weighted by Gasteiger charge is 2.27. The van der Waals surface area contributed by atoms with Crippen molar-refractivity contribution >= 4 is 40.4 Å². The third kappa shape index (κ3) is 5.25. The number of aromatic nitrogens is 2. The van der Waals surface area contributed by atoms with Gasteiger partial charge in [0.2, 0.25) is 0 Å². The van der Waals surface area contributed by atoms with E-state index >= 15 is 0 Å². The molecule has 0 spiro atoms. The van der Waals surface area contributed by atoms with Crippen LogP contribution in [0.25, 0.3) is 16.3 Å². The molecule has 6 nitrogen and oxygen atoms in total. The van der Waals surface area contributed by atoms with E-state index in [4.69, 9.17) is 33.6 Å². The van der Waals surface area contributed by atoms with E-state index in [-0.39, 0.29) is 5.91 Å². The minimum atomic E-state index is -0.208. The summed E-state index contributed by atoms with van der Waals surface area (Å²) in [7, 11) is 0. The maximum atomic E-state index is 13.3. The lowest BCUT2D eigenvalue weighted by molar-refractivity contribution is 0.0743. The number of piperidine rings is 1. The number of hydrogen-bond donors (Lipinski definition) is 1. The number of aryl methyl sites for hydroxylation is 1. The number of hydrazine groups is 1. The number of nitriles is 1. The van der Waals surface area contributed by atoms with Crippen LogP contribution in [0.5, 0.6) is 0 Å². The van der Waals surface area contributed by atoms with E-state index in [1.165, 1.54) is 6.42 Å². The molecule has 1 saturated heterocycles. The number of nitrogens with one attached hydrogen (secondary N) is 1. The number of carbonyl (C=O) groups is 1. The lowest BCUT2D eigenvalue weighted by Gasteiger charge is -2.26. The number of benzene rings is 1. The van der Waals surface area contributed by atoms with E-state index in [0.29, 0.717) is 40.7 Å². The molecule has 9 heteroatoms. The van der Waals surface area contributed by atoms with Gasteiger partial charge in [0.25, 0.3) is 5.91 Å². The van der Waals surface area contributed by atoms with Crippen LogP contribution < -0.4 is 5.43 Å². The second-order valence-corrected chi connectivity index (χ2v) is 9.96. The smallest absolute Gasteiger partial charge is 0.283 e. The Morgan fingerprint density at radius 3 is 2.70 bits per heavy atom. The molecule has 1 amide bonds. The second-order valence-electron chi connectivity index (χ2n) is 7.95. The van der Waals surface area contributed by atoms with Crippen LogP contribution >= 0.6 is 34.5 Å². The maximum Gasteiger partial charge on any atom is 0.286 e. The van der Waals surface area contributed by atoms with E-state index in [2.05, 4.69) is 11.5 Å². The molecule has 1 fully saturated rings. The van der Waals surface area contributed by atoms with Crippen LogP contribution in [0.15, 0.2) is 30.3 Å². The molecule has 0 saturated carbocycles. The van der Waals surface area contributed by atoms with Crippen LogP contribution in [0.3, 0.4) is 0 Å². The van der Waals surface area contributed by atoms with Crippen molar-refractivity contribution < 1.29 is 4.79 Å². The van der Waals surface area contributed by atoms with Crippen molar-refractivity contribution in [3.63, 3.8) is 0 Å². The van der Waals surface area contributed by atoms with Crippen LogP contribution in [0.2, 0.25) is 10.0 Å². The summed E-state index contributed by atoms with van der Waals surface area (Å²) in [5.41, 5.74) is 5.81. The first-order valence-corrected chi connectivity index (χ1v) is 12.7. The van der Waals surface area contributed by atoms with Crippen LogP contribution in [0, 0.1) is 11.3 Å². The second kappa shape index (κ2) is 10.7. The number of halogens is 2. The molecule has 1 N–H and O–H groups in total. The SMILES string of the molecule is CCc1c(C(=O)NN2CCCCC2)nn(-c2ccc(Cl)cc2Cl)c1-c1ccc(CCC#N)s1. The van der Waals surface area contributed by atoms with Crippen LogP contribution in [0.1, 0.15) is 53.5 Å². The van der Waals surface area contributed by atoms with E-state index < -0.39 is 0 Å². The molecule has 3 aromatic rings. The predicted molar refractivity (Wildman–Crippen MR) is 133 cm³/mol. The first-order valence-electron chi connectivity index (χ1n) is 11.1. The molecular weight excluding hydrogens is 477 g/mol. The molecule has 0 aliphatic carbocycles. The highest BCUT2D eigenvalue weighted by Crippen LogP contribution is 2.37. The molecule has 3 heterocycles. The zero-order valence-corrected chi connectivity index (χ0v) is 20.7. The van der Waals surface area contributed by atoms with E-state index in [1.54, 1.807) is 28.2 Å². The summed E-state index contributed by atoms with van der Waals surface area (Å²) in [6.07, 6.45) is 5.12. The van der Waals surface area contributed by atoms with Gasteiger partial charge < -0.3 is 0 Å². The lowest BCUT2D eigenvalue weighted by Crippen LogP contribution is -2.45. The van der Waals surface area contributed by atoms with Crippen LogP contribution in [-0.4, -0.2) is 33.8 Å². The zero-order valence-electron chi connectivity index (χ0n) is 18.4. The molecule has 0 bridgehead atoms. The number of hydrogen-bond acceptors (Lipinski definition) is 5. The van der Waals surface area contributed by atoms with E-state index in [9.17, 15) is 4.79 Å². The molecule has 2 aromatic heterocycles. The summed E-state index contributed by atoms with van der Waals surface area (Å²) >= 11 is 14.3. The Kier molecular flexibility index (Phi) is 7.71. The Labute approximate surface area is 207 Å². The quantitative estimate of drug-likeness (QED) is 0.427. The number of amides is 1. The van der Waals surface area contributed by atoms with Gasteiger partial charge in [0.1, 0.15) is 0 Å². The molecule has 4 rings (SSSR count). The van der Waals surface area contributed by atoms with Gasteiger partial charge >= 0.3 is 0 Å². The third-order valence-electron chi connectivity index (χ3n) is 5.68. The fraction of sp³-hybridized carbons (Fsp3) is 0.375. The van der Waals surface area contributed by atoms with Gasteiger partial charge in [-0.2, -0.15) is 10.4 Å². The highest BCUT2D eigenvalue weighted by atomic mass is 35.5. The summed E-state index contributed by atoms with van der Waals surface area (Å²) in [6, 6.07) is 11.5. The molecular formula is C24H25Cl2N5OS. The third-order valence-corrected chi connectivity index (χ3v) is 7.37. The fourth-order valence-corrected chi connectivity index (χ4v) is 5.62. The minimum absolute atomic E-state index is 0.208. The van der Waals surface area contributed by atoms with Gasteiger partial charge in [0.05, 0.1) is 27.4 Å². The van der Waals surface area contributed by atoms with Crippen molar-refractivity contribution in [2.45, 2.75) is 45.4 Å². The van der Waals surface area contributed by atoms with Gasteiger partial charge in [-0.1, -0.05) is 36.5 Å². The Morgan fingerprint density at radius 1 is 1.21 bits per heavy atom. The number of rotatable bonds is 7. The molecule has 172 valence electrons. The van der Waals surface area contributed by atoms with Crippen LogP contribution in [0.4, 0.5) is 0 Å². The summed E-state index contributed by atoms with van der Waals surface area (Å²) in [5, 5.41) is 16.7. The van der Waals surface area contributed by atoms with Crippen molar-refractivity contribution in [1.29, 1.82) is 5.26 Å². The lowest BCUT2D eigenvalue weighted by atomic mass is 10.1. The average molecular weight is 502 g/mol. The van der Waals surface area contributed by atoms with Crippen molar-refractivity contribution in [3.05, 3.63) is 56.5 Å². The van der Waals surface area contributed by atoms with Gasteiger partial charge in [-0.3, -0.25) is 10.2 Å². The number of nitrogens with zero attached hydrogens (tertiary/aromatic N) is 4. The average Bonchev–Trinajstić information content (AvgIpc) is 3.42. The van der Waals surface area contributed by atoms with Gasteiger partial charge in [-0.15, -0.1) is 11.3 Å². The van der Waals surface area contributed by atoms with E-state index in [0.717, 1.165) is 46.9 Å². The zero-order chi connectivity index (χ0) is 23.4. The van der Waals surface area contributed by atoms with Gasteiger partial charge in [0, 0.05) is 35.0 Å². The molecule has 33 heavy (non-hydrogen) atoms. The number of thiophene rings is 1.